The number of hydrogen-bond acceptors (Lipinski definition) is 6. The van der Waals surface area contributed by atoms with E-state index in [0.29, 0.717) is 39.0 Å². The van der Waals surface area contributed by atoms with Gasteiger partial charge in [0.2, 0.25) is 0 Å². The van der Waals surface area contributed by atoms with Crippen molar-refractivity contribution in [3.8, 4) is 17.2 Å². The summed E-state index contributed by atoms with van der Waals surface area (Å²) in [6.07, 6.45) is 1.47. The fraction of sp³-hybridized carbons (Fsp3) is 0.0870. The quantitative estimate of drug-likeness (QED) is 0.256. The number of rotatable bonds is 7. The first-order chi connectivity index (χ1) is 15.0. The normalized spacial score (nSPS) is 10.5. The summed E-state index contributed by atoms with van der Waals surface area (Å²) < 4.78 is 15.7. The smallest absolute Gasteiger partial charge is 0.343 e. The highest BCUT2D eigenvalue weighted by Gasteiger charge is 2.13. The number of hydrogen-bond donors (Lipinski definition) is 1. The maximum Gasteiger partial charge on any atom is 0.343 e. The average Bonchev–Trinajstić information content (AvgIpc) is 2.79. The van der Waals surface area contributed by atoms with Crippen molar-refractivity contribution in [1.29, 1.82) is 0 Å². The second kappa shape index (κ2) is 10.3. The highest BCUT2D eigenvalue weighted by Crippen LogP contribution is 2.28. The first-order valence-electron chi connectivity index (χ1n) is 9.14. The Bertz CT molecular complexity index is 1110. The first-order valence-corrected chi connectivity index (χ1v) is 9.52. The number of benzene rings is 3. The van der Waals surface area contributed by atoms with Gasteiger partial charge in [-0.1, -0.05) is 23.7 Å². The minimum atomic E-state index is -0.533. The number of esters is 1. The van der Waals surface area contributed by atoms with Crippen molar-refractivity contribution in [2.75, 3.05) is 14.2 Å². The molecule has 0 aliphatic heterocycles. The Hall–Kier alpha value is -3.84. The molecule has 1 N–H and O–H groups in total. The lowest BCUT2D eigenvalue weighted by atomic mass is 10.2. The Balaban J connectivity index is 1.60. The van der Waals surface area contributed by atoms with E-state index in [1.165, 1.54) is 20.4 Å². The number of nitrogens with zero attached hydrogens (tertiary/aromatic N) is 1. The van der Waals surface area contributed by atoms with Gasteiger partial charge in [0.25, 0.3) is 5.91 Å². The lowest BCUT2D eigenvalue weighted by molar-refractivity contribution is 0.0734. The highest BCUT2D eigenvalue weighted by molar-refractivity contribution is 6.33. The first kappa shape index (κ1) is 21.9. The van der Waals surface area contributed by atoms with Gasteiger partial charge >= 0.3 is 5.97 Å². The fourth-order valence-corrected chi connectivity index (χ4v) is 2.84. The number of carbonyl (C=O) groups is 2. The molecule has 3 aromatic carbocycles. The molecular weight excluding hydrogens is 420 g/mol. The predicted octanol–water partition coefficient (Wildman–Crippen LogP) is 4.34. The van der Waals surface area contributed by atoms with Gasteiger partial charge in [-0.05, 0) is 60.2 Å². The molecule has 7 nitrogen and oxygen atoms in total. The molecule has 8 heteroatoms. The molecule has 0 radical (unpaired) electrons. The summed E-state index contributed by atoms with van der Waals surface area (Å²) in [4.78, 5) is 24.4. The number of halogens is 1. The summed E-state index contributed by atoms with van der Waals surface area (Å²) in [7, 11) is 3.01. The molecule has 0 saturated heterocycles. The zero-order valence-electron chi connectivity index (χ0n) is 16.8. The zero-order chi connectivity index (χ0) is 22.2. The Morgan fingerprint density at radius 2 is 1.65 bits per heavy atom. The molecule has 158 valence electrons. The molecule has 0 aliphatic rings. The average molecular weight is 439 g/mol. The van der Waals surface area contributed by atoms with Gasteiger partial charge in [-0.25, -0.2) is 10.2 Å². The van der Waals surface area contributed by atoms with Crippen molar-refractivity contribution in [3.05, 3.63) is 88.4 Å². The van der Waals surface area contributed by atoms with Crippen LogP contribution in [0.1, 0.15) is 26.3 Å². The number of nitrogens with one attached hydrogen (secondary N) is 1. The number of hydrazone groups is 1. The van der Waals surface area contributed by atoms with Gasteiger partial charge in [0.05, 0.1) is 36.6 Å². The van der Waals surface area contributed by atoms with E-state index in [0.717, 1.165) is 0 Å². The van der Waals surface area contributed by atoms with E-state index >= 15 is 0 Å². The zero-order valence-corrected chi connectivity index (χ0v) is 17.6. The Kier molecular flexibility index (Phi) is 7.24. The van der Waals surface area contributed by atoms with Crippen LogP contribution in [0, 0.1) is 0 Å². The molecule has 3 aromatic rings. The summed E-state index contributed by atoms with van der Waals surface area (Å²) in [6, 6.07) is 18.1. The van der Waals surface area contributed by atoms with Crippen LogP contribution >= 0.6 is 11.6 Å². The van der Waals surface area contributed by atoms with Crippen molar-refractivity contribution in [1.82, 2.24) is 5.43 Å². The highest BCUT2D eigenvalue weighted by atomic mass is 35.5. The molecular formula is C23H19ClN2O5. The second-order valence-corrected chi connectivity index (χ2v) is 6.61. The van der Waals surface area contributed by atoms with Crippen molar-refractivity contribution in [2.45, 2.75) is 0 Å². The van der Waals surface area contributed by atoms with E-state index in [-0.39, 0.29) is 0 Å². The molecule has 0 unspecified atom stereocenters. The Morgan fingerprint density at radius 1 is 0.935 bits per heavy atom. The Morgan fingerprint density at radius 3 is 2.32 bits per heavy atom. The molecule has 0 aliphatic carbocycles. The summed E-state index contributed by atoms with van der Waals surface area (Å²) in [5.41, 5.74) is 3.77. The SMILES string of the molecule is COc1ccc(C(=O)Oc2ccc(/C=N/NC(=O)c3ccccc3Cl)cc2)cc1OC. The van der Waals surface area contributed by atoms with Crippen LogP contribution < -0.4 is 19.6 Å². The fourth-order valence-electron chi connectivity index (χ4n) is 2.62. The van der Waals surface area contributed by atoms with E-state index in [2.05, 4.69) is 10.5 Å². The summed E-state index contributed by atoms with van der Waals surface area (Å²) in [5, 5.41) is 4.26. The molecule has 1 amide bonds. The van der Waals surface area contributed by atoms with Gasteiger partial charge < -0.3 is 14.2 Å². The molecule has 31 heavy (non-hydrogen) atoms. The maximum absolute atomic E-state index is 12.4. The molecule has 0 atom stereocenters. The molecule has 3 rings (SSSR count). The van der Waals surface area contributed by atoms with Crippen LogP contribution in [0.3, 0.4) is 0 Å². The van der Waals surface area contributed by atoms with Crippen LogP contribution in [0.15, 0.2) is 71.8 Å². The van der Waals surface area contributed by atoms with E-state index in [1.54, 1.807) is 66.7 Å². The number of carbonyl (C=O) groups excluding carboxylic acids is 2. The van der Waals surface area contributed by atoms with E-state index < -0.39 is 11.9 Å². The molecule has 0 aromatic heterocycles. The molecule has 0 spiro atoms. The summed E-state index contributed by atoms with van der Waals surface area (Å²) in [6.45, 7) is 0. The van der Waals surface area contributed by atoms with Crippen LogP contribution in [-0.2, 0) is 0 Å². The van der Waals surface area contributed by atoms with Crippen LogP contribution in [-0.4, -0.2) is 32.3 Å². The Labute approximate surface area is 184 Å². The molecule has 0 fully saturated rings. The standard InChI is InChI=1S/C23H19ClN2O5/c1-29-20-12-9-16(13-21(20)30-2)23(28)31-17-10-7-15(8-11-17)14-25-26-22(27)18-5-3-4-6-19(18)24/h3-14H,1-2H3,(H,26,27)/b25-14+. The predicted molar refractivity (Wildman–Crippen MR) is 117 cm³/mol. The summed E-state index contributed by atoms with van der Waals surface area (Å²) >= 11 is 5.98. The molecule has 0 bridgehead atoms. The third kappa shape index (κ3) is 5.61. The molecule has 0 heterocycles. The van der Waals surface area contributed by atoms with Crippen LogP contribution in [0.25, 0.3) is 0 Å². The largest absolute Gasteiger partial charge is 0.493 e. The van der Waals surface area contributed by atoms with Crippen molar-refractivity contribution >= 4 is 29.7 Å². The van der Waals surface area contributed by atoms with Gasteiger partial charge in [0, 0.05) is 0 Å². The van der Waals surface area contributed by atoms with Crippen LogP contribution in [0.4, 0.5) is 0 Å². The van der Waals surface area contributed by atoms with E-state index in [9.17, 15) is 9.59 Å². The number of methoxy groups -OCH3 is 2. The van der Waals surface area contributed by atoms with E-state index in [4.69, 9.17) is 25.8 Å². The lowest BCUT2D eigenvalue weighted by Crippen LogP contribution is -2.17. The topological polar surface area (TPSA) is 86.2 Å². The maximum atomic E-state index is 12.4. The minimum absolute atomic E-state index is 0.325. The van der Waals surface area contributed by atoms with Gasteiger partial charge in [0.15, 0.2) is 11.5 Å². The van der Waals surface area contributed by atoms with Crippen molar-refractivity contribution in [3.63, 3.8) is 0 Å². The third-order valence-electron chi connectivity index (χ3n) is 4.21. The molecule has 0 saturated carbocycles. The van der Waals surface area contributed by atoms with Crippen LogP contribution in [0.2, 0.25) is 5.02 Å². The minimum Gasteiger partial charge on any atom is -0.493 e. The number of amides is 1. The van der Waals surface area contributed by atoms with Gasteiger partial charge in [-0.2, -0.15) is 5.10 Å². The number of ether oxygens (including phenoxy) is 3. The lowest BCUT2D eigenvalue weighted by Gasteiger charge is -2.09. The third-order valence-corrected chi connectivity index (χ3v) is 4.54. The van der Waals surface area contributed by atoms with Crippen molar-refractivity contribution in [2.24, 2.45) is 5.10 Å². The van der Waals surface area contributed by atoms with Crippen LogP contribution in [0.5, 0.6) is 17.2 Å². The van der Waals surface area contributed by atoms with E-state index in [1.807, 2.05) is 0 Å². The van der Waals surface area contributed by atoms with Gasteiger partial charge in [-0.3, -0.25) is 4.79 Å². The van der Waals surface area contributed by atoms with Gasteiger partial charge in [0.1, 0.15) is 5.75 Å². The second-order valence-electron chi connectivity index (χ2n) is 6.21. The monoisotopic (exact) mass is 438 g/mol. The summed E-state index contributed by atoms with van der Waals surface area (Å²) in [5.74, 6) is 0.361. The van der Waals surface area contributed by atoms with Gasteiger partial charge in [-0.15, -0.1) is 0 Å². The van der Waals surface area contributed by atoms with Crippen molar-refractivity contribution < 1.29 is 23.8 Å².